The first kappa shape index (κ1) is 47.9. The standard InChI is InChI=1S/C39H68N3O10P/c1-8-11-12-13-14-15-16-17-18-19-22-31-24-25-33(37(45)46)34(27-31)49-29-32(23-20-21-26-40-38(47)52-39(4,5)6)41-35(43)28-42(7)36(44)30-53(48,50-9-2)51-10-3/h24-25,27,32H,8-23,26,28-30H2,1-7H3,(H,40,47)(H,41,43)(H,45,46). The largest absolute Gasteiger partial charge is 0.491 e. The Labute approximate surface area is 318 Å². The molecule has 0 saturated carbocycles. The number of carboxylic acid groups (broad SMARTS) is 1. The summed E-state index contributed by atoms with van der Waals surface area (Å²) < 4.78 is 34.7. The Kier molecular flexibility index (Phi) is 24.0. The van der Waals surface area contributed by atoms with Crippen LogP contribution in [0.2, 0.25) is 0 Å². The van der Waals surface area contributed by atoms with E-state index in [0.717, 1.165) is 29.7 Å². The van der Waals surface area contributed by atoms with Crippen LogP contribution in [0.25, 0.3) is 0 Å². The van der Waals surface area contributed by atoms with E-state index in [1.165, 1.54) is 58.4 Å². The molecule has 0 bridgehead atoms. The minimum absolute atomic E-state index is 0.0191. The molecule has 14 heteroatoms. The normalized spacial score (nSPS) is 12.2. The van der Waals surface area contributed by atoms with Crippen molar-refractivity contribution in [2.45, 2.75) is 143 Å². The zero-order valence-electron chi connectivity index (χ0n) is 33.5. The second kappa shape index (κ2) is 26.6. The predicted molar refractivity (Wildman–Crippen MR) is 208 cm³/mol. The number of unbranched alkanes of at least 4 members (excludes halogenated alkanes) is 10. The molecule has 3 amide bonds. The third kappa shape index (κ3) is 22.6. The van der Waals surface area contributed by atoms with E-state index in [1.807, 2.05) is 6.07 Å². The van der Waals surface area contributed by atoms with Crippen LogP contribution in [0.1, 0.15) is 141 Å². The highest BCUT2D eigenvalue weighted by atomic mass is 31.2. The zero-order chi connectivity index (χ0) is 39.7. The summed E-state index contributed by atoms with van der Waals surface area (Å²) in [4.78, 5) is 51.3. The number of carboxylic acids is 1. The maximum atomic E-state index is 13.1. The molecule has 0 aliphatic heterocycles. The number of likely N-dealkylation sites (N-methyl/N-ethyl adjacent to an activating group) is 1. The number of carbonyl (C=O) groups is 4. The monoisotopic (exact) mass is 769 g/mol. The summed E-state index contributed by atoms with van der Waals surface area (Å²) in [6.45, 7) is 11.1. The number of alkyl carbamates (subject to hydrolysis) is 1. The van der Waals surface area contributed by atoms with Gasteiger partial charge in [0.05, 0.1) is 25.8 Å². The van der Waals surface area contributed by atoms with Gasteiger partial charge in [-0.05, 0) is 84.4 Å². The molecule has 13 nitrogen and oxygen atoms in total. The first-order chi connectivity index (χ1) is 25.1. The summed E-state index contributed by atoms with van der Waals surface area (Å²) in [5.41, 5.74) is 0.393. The number of aromatic carboxylic acids is 1. The quantitative estimate of drug-likeness (QED) is 0.0534. The highest BCUT2D eigenvalue weighted by Gasteiger charge is 2.30. The van der Waals surface area contributed by atoms with Gasteiger partial charge in [-0.15, -0.1) is 0 Å². The highest BCUT2D eigenvalue weighted by molar-refractivity contribution is 7.54. The van der Waals surface area contributed by atoms with Gasteiger partial charge < -0.3 is 39.2 Å². The Hall–Kier alpha value is -3.15. The van der Waals surface area contributed by atoms with Gasteiger partial charge in [0.25, 0.3) is 0 Å². The number of hydrogen-bond donors (Lipinski definition) is 3. The molecule has 0 aromatic heterocycles. The molecule has 304 valence electrons. The fraction of sp³-hybridized carbons (Fsp3) is 0.744. The molecule has 1 aromatic carbocycles. The summed E-state index contributed by atoms with van der Waals surface area (Å²) >= 11 is 0. The number of amides is 3. The molecule has 1 rings (SSSR count). The minimum Gasteiger partial charge on any atom is -0.491 e. The average molecular weight is 770 g/mol. The van der Waals surface area contributed by atoms with Crippen molar-refractivity contribution >= 4 is 31.5 Å². The Balaban J connectivity index is 2.89. The number of benzene rings is 1. The summed E-state index contributed by atoms with van der Waals surface area (Å²) in [7, 11) is -2.22. The van der Waals surface area contributed by atoms with Gasteiger partial charge in [0.15, 0.2) is 0 Å². The number of rotatable bonds is 29. The van der Waals surface area contributed by atoms with Crippen LogP contribution in [0.3, 0.4) is 0 Å². The van der Waals surface area contributed by atoms with Gasteiger partial charge in [-0.3, -0.25) is 14.2 Å². The molecular weight excluding hydrogens is 701 g/mol. The topological polar surface area (TPSA) is 170 Å². The van der Waals surface area contributed by atoms with Crippen molar-refractivity contribution in [2.75, 3.05) is 46.1 Å². The van der Waals surface area contributed by atoms with E-state index >= 15 is 0 Å². The molecule has 1 atom stereocenters. The predicted octanol–water partition coefficient (Wildman–Crippen LogP) is 8.13. The van der Waals surface area contributed by atoms with Crippen LogP contribution >= 0.6 is 7.60 Å². The maximum Gasteiger partial charge on any atom is 0.407 e. The number of ether oxygens (including phenoxy) is 2. The third-order valence-electron chi connectivity index (χ3n) is 8.34. The van der Waals surface area contributed by atoms with Gasteiger partial charge in [-0.1, -0.05) is 70.8 Å². The van der Waals surface area contributed by atoms with E-state index in [0.29, 0.717) is 25.8 Å². The number of hydrogen-bond acceptors (Lipinski definition) is 9. The molecule has 0 spiro atoms. The Morgan fingerprint density at radius 1 is 0.868 bits per heavy atom. The second-order valence-corrected chi connectivity index (χ2v) is 16.5. The van der Waals surface area contributed by atoms with Crippen molar-refractivity contribution in [3.63, 3.8) is 0 Å². The molecule has 3 N–H and O–H groups in total. The first-order valence-corrected chi connectivity index (χ1v) is 21.2. The van der Waals surface area contributed by atoms with Gasteiger partial charge >= 0.3 is 19.7 Å². The van der Waals surface area contributed by atoms with E-state index in [1.54, 1.807) is 46.8 Å². The second-order valence-electron chi connectivity index (χ2n) is 14.4. The van der Waals surface area contributed by atoms with Crippen LogP contribution < -0.4 is 15.4 Å². The maximum absolute atomic E-state index is 13.1. The van der Waals surface area contributed by atoms with Crippen molar-refractivity contribution in [3.8, 4) is 5.75 Å². The Morgan fingerprint density at radius 3 is 2.04 bits per heavy atom. The number of nitrogens with zero attached hydrogens (tertiary/aromatic N) is 1. The van der Waals surface area contributed by atoms with Crippen LogP contribution in [0.5, 0.6) is 5.75 Å². The van der Waals surface area contributed by atoms with E-state index in [-0.39, 0.29) is 37.7 Å². The Morgan fingerprint density at radius 2 is 1.47 bits per heavy atom. The van der Waals surface area contributed by atoms with Crippen molar-refractivity contribution in [1.82, 2.24) is 15.5 Å². The van der Waals surface area contributed by atoms with Crippen LogP contribution in [-0.2, 0) is 34.4 Å². The van der Waals surface area contributed by atoms with E-state index in [9.17, 15) is 28.8 Å². The molecular formula is C39H68N3O10P. The zero-order valence-corrected chi connectivity index (χ0v) is 34.4. The van der Waals surface area contributed by atoms with Crippen molar-refractivity contribution in [2.24, 2.45) is 0 Å². The molecule has 1 unspecified atom stereocenters. The van der Waals surface area contributed by atoms with Gasteiger partial charge in [-0.25, -0.2) is 9.59 Å². The molecule has 1 aromatic rings. The van der Waals surface area contributed by atoms with Crippen LogP contribution in [0.15, 0.2) is 18.2 Å². The van der Waals surface area contributed by atoms with Crippen LogP contribution in [0, 0.1) is 0 Å². The molecule has 53 heavy (non-hydrogen) atoms. The molecule has 0 heterocycles. The van der Waals surface area contributed by atoms with Crippen molar-refractivity contribution < 1.29 is 47.4 Å². The van der Waals surface area contributed by atoms with Crippen molar-refractivity contribution in [1.29, 1.82) is 0 Å². The number of aryl methyl sites for hydroxylation is 1. The number of nitrogens with one attached hydrogen (secondary N) is 2. The lowest BCUT2D eigenvalue weighted by atomic mass is 10.0. The lowest BCUT2D eigenvalue weighted by molar-refractivity contribution is -0.133. The Bertz CT molecular complexity index is 1280. The first-order valence-electron chi connectivity index (χ1n) is 19.5. The molecule has 0 aliphatic carbocycles. The summed E-state index contributed by atoms with van der Waals surface area (Å²) in [6, 6.07) is 4.60. The molecule has 0 radical (unpaired) electrons. The van der Waals surface area contributed by atoms with Crippen LogP contribution in [0.4, 0.5) is 4.79 Å². The van der Waals surface area contributed by atoms with E-state index in [2.05, 4.69) is 17.6 Å². The lowest BCUT2D eigenvalue weighted by Gasteiger charge is -2.24. The smallest absolute Gasteiger partial charge is 0.407 e. The minimum atomic E-state index is -3.65. The third-order valence-corrected chi connectivity index (χ3v) is 10.3. The number of carbonyl (C=O) groups excluding carboxylic acids is 3. The van der Waals surface area contributed by atoms with Gasteiger partial charge in [0, 0.05) is 13.6 Å². The van der Waals surface area contributed by atoms with Gasteiger partial charge in [-0.2, -0.15) is 0 Å². The van der Waals surface area contributed by atoms with E-state index < -0.39 is 49.3 Å². The summed E-state index contributed by atoms with van der Waals surface area (Å²) in [5, 5.41) is 15.5. The summed E-state index contributed by atoms with van der Waals surface area (Å²) in [6.07, 6.45) is 13.7. The van der Waals surface area contributed by atoms with Gasteiger partial charge in [0.2, 0.25) is 11.8 Å². The summed E-state index contributed by atoms with van der Waals surface area (Å²) in [5.74, 6) is -1.94. The highest BCUT2D eigenvalue weighted by Crippen LogP contribution is 2.47. The van der Waals surface area contributed by atoms with E-state index in [4.69, 9.17) is 18.5 Å². The van der Waals surface area contributed by atoms with Crippen molar-refractivity contribution in [3.05, 3.63) is 29.3 Å². The molecule has 0 aliphatic rings. The average Bonchev–Trinajstić information content (AvgIpc) is 3.06. The lowest BCUT2D eigenvalue weighted by Crippen LogP contribution is -2.45. The molecule has 0 fully saturated rings. The fourth-order valence-corrected chi connectivity index (χ4v) is 7.24. The SMILES string of the molecule is CCCCCCCCCCCCc1ccc(C(=O)O)c(OCC(CCCCNC(=O)OC(C)(C)C)NC(=O)CN(C)C(=O)CP(=O)(OCC)OCC)c1. The van der Waals surface area contributed by atoms with Gasteiger partial charge in [0.1, 0.15) is 29.7 Å². The van der Waals surface area contributed by atoms with Crippen LogP contribution in [-0.4, -0.2) is 91.6 Å². The fourth-order valence-electron chi connectivity index (χ4n) is 5.63. The molecule has 0 saturated heterocycles.